The minimum Gasteiger partial charge on any atom is -0.478 e. The molecule has 0 fully saturated rings. The number of aliphatic carboxylic acids is 1. The summed E-state index contributed by atoms with van der Waals surface area (Å²) in [7, 11) is 0. The number of carbonyl (C=O) groups is 1. The molecule has 4 aromatic rings. The van der Waals surface area contributed by atoms with Gasteiger partial charge in [0.25, 0.3) is 0 Å². The van der Waals surface area contributed by atoms with Crippen LogP contribution in [-0.2, 0) is 17.9 Å². The smallest absolute Gasteiger partial charge is 0.336 e. The Labute approximate surface area is 168 Å². The molecule has 4 rings (SSSR count). The number of pyridine rings is 1. The first-order valence-corrected chi connectivity index (χ1v) is 9.43. The zero-order chi connectivity index (χ0) is 20.1. The molecule has 2 aromatic heterocycles. The molecule has 5 heteroatoms. The first-order valence-electron chi connectivity index (χ1n) is 9.43. The Morgan fingerprint density at radius 2 is 1.69 bits per heavy atom. The highest BCUT2D eigenvalue weighted by Gasteiger charge is 2.12. The number of hydrogen-bond acceptors (Lipinski definition) is 3. The van der Waals surface area contributed by atoms with Crippen molar-refractivity contribution >= 4 is 28.7 Å². The Kier molecular flexibility index (Phi) is 5.49. The van der Waals surface area contributed by atoms with Crippen molar-refractivity contribution < 1.29 is 9.90 Å². The van der Waals surface area contributed by atoms with Crippen molar-refractivity contribution in [2.45, 2.75) is 13.1 Å². The molecule has 144 valence electrons. The lowest BCUT2D eigenvalue weighted by Crippen LogP contribution is -2.13. The second kappa shape index (κ2) is 8.54. The molecule has 2 heterocycles. The normalized spacial score (nSPS) is 11.7. The van der Waals surface area contributed by atoms with E-state index in [1.165, 1.54) is 5.56 Å². The number of nitrogens with one attached hydrogen (secondary N) is 2. The number of nitrogens with zero attached hydrogens (tertiary/aromatic N) is 1. The van der Waals surface area contributed by atoms with Gasteiger partial charge < -0.3 is 15.4 Å². The van der Waals surface area contributed by atoms with Crippen molar-refractivity contribution in [3.8, 4) is 0 Å². The van der Waals surface area contributed by atoms with E-state index in [0.29, 0.717) is 12.1 Å². The molecule has 29 heavy (non-hydrogen) atoms. The van der Waals surface area contributed by atoms with Crippen LogP contribution in [0.1, 0.15) is 22.4 Å². The minimum absolute atomic E-state index is 0.250. The summed E-state index contributed by atoms with van der Waals surface area (Å²) >= 11 is 0. The van der Waals surface area contributed by atoms with Crippen molar-refractivity contribution in [1.82, 2.24) is 15.3 Å². The van der Waals surface area contributed by atoms with Crippen LogP contribution < -0.4 is 5.32 Å². The van der Waals surface area contributed by atoms with Gasteiger partial charge in [-0.05, 0) is 29.3 Å². The summed E-state index contributed by atoms with van der Waals surface area (Å²) in [6.07, 6.45) is 3.48. The fraction of sp³-hybridized carbons (Fsp3) is 0.0833. The molecule has 2 aromatic carbocycles. The fourth-order valence-corrected chi connectivity index (χ4v) is 3.26. The van der Waals surface area contributed by atoms with Crippen LogP contribution in [0.25, 0.3) is 22.7 Å². The monoisotopic (exact) mass is 383 g/mol. The number of hydrogen-bond donors (Lipinski definition) is 3. The predicted molar refractivity (Wildman–Crippen MR) is 115 cm³/mol. The number of carboxylic acids is 1. The van der Waals surface area contributed by atoms with Crippen molar-refractivity contribution in [2.75, 3.05) is 0 Å². The standard InChI is InChI=1S/C24H21N3O2/c28-24(29)22(18-9-5-2-6-10-18)13-19-15-26-23-21(19)12-11-20(27-23)16-25-14-17-7-3-1-4-8-17/h1-13,15,25H,14,16H2,(H,26,27)(H,28,29)/b22-13+. The molecule has 0 saturated heterocycles. The summed E-state index contributed by atoms with van der Waals surface area (Å²) in [5, 5.41) is 13.9. The van der Waals surface area contributed by atoms with Crippen LogP contribution in [0, 0.1) is 0 Å². The van der Waals surface area contributed by atoms with Crippen LogP contribution in [0.3, 0.4) is 0 Å². The molecule has 0 aliphatic heterocycles. The van der Waals surface area contributed by atoms with Gasteiger partial charge in [0.05, 0.1) is 11.3 Å². The van der Waals surface area contributed by atoms with E-state index in [1.807, 2.05) is 48.5 Å². The topological polar surface area (TPSA) is 78.0 Å². The number of H-pyrrole nitrogens is 1. The summed E-state index contributed by atoms with van der Waals surface area (Å²) in [5.74, 6) is -0.958. The van der Waals surface area contributed by atoms with Gasteiger partial charge in [-0.2, -0.15) is 0 Å². The molecular formula is C24H21N3O2. The molecule has 3 N–H and O–H groups in total. The second-order valence-electron chi connectivity index (χ2n) is 6.76. The first-order chi connectivity index (χ1) is 14.2. The van der Waals surface area contributed by atoms with Gasteiger partial charge in [-0.25, -0.2) is 9.78 Å². The first kappa shape index (κ1) is 18.7. The molecule has 0 atom stereocenters. The Hall–Kier alpha value is -3.70. The van der Waals surface area contributed by atoms with Crippen molar-refractivity contribution in [3.05, 3.63) is 101 Å². The SMILES string of the molecule is O=C(O)/C(=C/c1c[nH]c2nc(CNCc3ccccc3)ccc12)c1ccccc1. The average molecular weight is 383 g/mol. The van der Waals surface area contributed by atoms with Gasteiger partial charge in [0.15, 0.2) is 0 Å². The van der Waals surface area contributed by atoms with Crippen LogP contribution >= 0.6 is 0 Å². The van der Waals surface area contributed by atoms with Gasteiger partial charge >= 0.3 is 5.97 Å². The maximum absolute atomic E-state index is 11.7. The van der Waals surface area contributed by atoms with Crippen LogP contribution in [0.2, 0.25) is 0 Å². The largest absolute Gasteiger partial charge is 0.478 e. The second-order valence-corrected chi connectivity index (χ2v) is 6.76. The number of carboxylic acid groups (broad SMARTS) is 1. The zero-order valence-corrected chi connectivity index (χ0v) is 15.8. The molecule has 0 aliphatic rings. The lowest BCUT2D eigenvalue weighted by atomic mass is 10.0. The predicted octanol–water partition coefficient (Wildman–Crippen LogP) is 4.48. The van der Waals surface area contributed by atoms with E-state index in [0.717, 1.165) is 28.8 Å². The number of aromatic amines is 1. The van der Waals surface area contributed by atoms with E-state index in [1.54, 1.807) is 24.4 Å². The lowest BCUT2D eigenvalue weighted by molar-refractivity contribution is -0.130. The number of rotatable bonds is 7. The van der Waals surface area contributed by atoms with Gasteiger partial charge in [-0.1, -0.05) is 60.7 Å². The van der Waals surface area contributed by atoms with Gasteiger partial charge in [-0.3, -0.25) is 0 Å². The lowest BCUT2D eigenvalue weighted by Gasteiger charge is -2.05. The molecule has 0 radical (unpaired) electrons. The van der Waals surface area contributed by atoms with Gasteiger partial charge in [0.1, 0.15) is 5.65 Å². The minimum atomic E-state index is -0.958. The number of benzene rings is 2. The van der Waals surface area contributed by atoms with E-state index < -0.39 is 5.97 Å². The highest BCUT2D eigenvalue weighted by atomic mass is 16.4. The number of aromatic nitrogens is 2. The Bertz CT molecular complexity index is 1150. The molecule has 0 aliphatic carbocycles. The van der Waals surface area contributed by atoms with Gasteiger partial charge in [0.2, 0.25) is 0 Å². The van der Waals surface area contributed by atoms with Crippen LogP contribution in [0.15, 0.2) is 79.0 Å². The highest BCUT2D eigenvalue weighted by Crippen LogP contribution is 2.24. The van der Waals surface area contributed by atoms with E-state index >= 15 is 0 Å². The average Bonchev–Trinajstić information content (AvgIpc) is 3.15. The number of fused-ring (bicyclic) bond motifs is 1. The van der Waals surface area contributed by atoms with Crippen molar-refractivity contribution in [1.29, 1.82) is 0 Å². The Balaban J connectivity index is 1.54. The third kappa shape index (κ3) is 4.42. The zero-order valence-electron chi connectivity index (χ0n) is 15.8. The van der Waals surface area contributed by atoms with E-state index in [2.05, 4.69) is 27.4 Å². The maximum Gasteiger partial charge on any atom is 0.336 e. The van der Waals surface area contributed by atoms with Crippen LogP contribution in [0.5, 0.6) is 0 Å². The molecule has 0 amide bonds. The van der Waals surface area contributed by atoms with E-state index in [9.17, 15) is 9.90 Å². The summed E-state index contributed by atoms with van der Waals surface area (Å²) in [5.41, 5.74) is 4.62. The summed E-state index contributed by atoms with van der Waals surface area (Å²) in [6, 6.07) is 23.3. The summed E-state index contributed by atoms with van der Waals surface area (Å²) < 4.78 is 0. The summed E-state index contributed by atoms with van der Waals surface area (Å²) in [4.78, 5) is 19.6. The fourth-order valence-electron chi connectivity index (χ4n) is 3.26. The third-order valence-electron chi connectivity index (χ3n) is 4.72. The Morgan fingerprint density at radius 1 is 0.966 bits per heavy atom. The Morgan fingerprint density at radius 3 is 2.41 bits per heavy atom. The summed E-state index contributed by atoms with van der Waals surface area (Å²) in [6.45, 7) is 1.43. The van der Waals surface area contributed by atoms with E-state index in [4.69, 9.17) is 0 Å². The molecule has 0 saturated carbocycles. The van der Waals surface area contributed by atoms with Gasteiger partial charge in [0, 0.05) is 30.2 Å². The molecule has 5 nitrogen and oxygen atoms in total. The molecular weight excluding hydrogens is 362 g/mol. The van der Waals surface area contributed by atoms with Crippen molar-refractivity contribution in [3.63, 3.8) is 0 Å². The molecule has 0 unspecified atom stereocenters. The highest BCUT2D eigenvalue weighted by molar-refractivity contribution is 6.21. The van der Waals surface area contributed by atoms with Crippen LogP contribution in [0.4, 0.5) is 0 Å². The third-order valence-corrected chi connectivity index (χ3v) is 4.72. The molecule has 0 spiro atoms. The van der Waals surface area contributed by atoms with E-state index in [-0.39, 0.29) is 5.57 Å². The van der Waals surface area contributed by atoms with Crippen LogP contribution in [-0.4, -0.2) is 21.0 Å². The quantitative estimate of drug-likeness (QED) is 0.411. The van der Waals surface area contributed by atoms with Gasteiger partial charge in [-0.15, -0.1) is 0 Å². The molecule has 0 bridgehead atoms. The maximum atomic E-state index is 11.7. The van der Waals surface area contributed by atoms with Crippen molar-refractivity contribution in [2.24, 2.45) is 0 Å².